The molecule has 1 fully saturated rings. The number of hydrogen-bond acceptors (Lipinski definition) is 6. The van der Waals surface area contributed by atoms with Crippen LogP contribution < -0.4 is 10.2 Å². The lowest BCUT2D eigenvalue weighted by Gasteiger charge is -2.14. The Morgan fingerprint density at radius 1 is 1.26 bits per heavy atom. The minimum absolute atomic E-state index is 0.0378. The van der Waals surface area contributed by atoms with E-state index in [0.29, 0.717) is 23.2 Å². The predicted octanol–water partition coefficient (Wildman–Crippen LogP) is 2.47. The zero-order valence-electron chi connectivity index (χ0n) is 17.1. The number of cyclic esters (lactones) is 1. The molecule has 1 atom stereocenters. The third-order valence-electron chi connectivity index (χ3n) is 4.67. The highest BCUT2D eigenvalue weighted by Crippen LogP contribution is 2.29. The second kappa shape index (κ2) is 9.44. The molecule has 31 heavy (non-hydrogen) atoms. The maximum atomic E-state index is 14.8. The minimum Gasteiger partial charge on any atom is -0.442 e. The maximum absolute atomic E-state index is 14.8. The van der Waals surface area contributed by atoms with Crippen molar-refractivity contribution in [2.45, 2.75) is 19.4 Å². The van der Waals surface area contributed by atoms with Crippen LogP contribution in [0.15, 0.2) is 42.5 Å². The van der Waals surface area contributed by atoms with Gasteiger partial charge in [-0.25, -0.2) is 9.18 Å². The highest BCUT2D eigenvalue weighted by atomic mass is 32.2. The van der Waals surface area contributed by atoms with Gasteiger partial charge in [0.1, 0.15) is 11.9 Å². The lowest BCUT2D eigenvalue weighted by Crippen LogP contribution is -2.33. The monoisotopic (exact) mass is 450 g/mol. The van der Waals surface area contributed by atoms with Gasteiger partial charge in [-0.15, -0.1) is 0 Å². The molecule has 1 aliphatic heterocycles. The zero-order valence-corrected chi connectivity index (χ0v) is 17.9. The van der Waals surface area contributed by atoms with E-state index in [0.717, 1.165) is 11.8 Å². The minimum atomic E-state index is -3.48. The van der Waals surface area contributed by atoms with Gasteiger partial charge in [0.05, 0.1) is 31.6 Å². The van der Waals surface area contributed by atoms with Crippen molar-refractivity contribution >= 4 is 27.8 Å². The molecule has 0 unspecified atom stereocenters. The van der Waals surface area contributed by atoms with Gasteiger partial charge in [-0.1, -0.05) is 24.3 Å². The molecule has 2 amide bonds. The van der Waals surface area contributed by atoms with Gasteiger partial charge in [-0.05, 0) is 35.7 Å². The number of carbonyl (C=O) groups is 2. The van der Waals surface area contributed by atoms with E-state index >= 15 is 0 Å². The van der Waals surface area contributed by atoms with Crippen LogP contribution in [0.5, 0.6) is 0 Å². The molecule has 166 valence electrons. The van der Waals surface area contributed by atoms with Crippen LogP contribution in [0.2, 0.25) is 0 Å². The van der Waals surface area contributed by atoms with Crippen LogP contribution in [0.25, 0.3) is 11.1 Å². The molecular formula is C21H23FN2O6S. The van der Waals surface area contributed by atoms with Crippen molar-refractivity contribution < 1.29 is 31.3 Å². The molecule has 1 heterocycles. The summed E-state index contributed by atoms with van der Waals surface area (Å²) < 4.78 is 46.7. The molecule has 8 nitrogen and oxygen atoms in total. The number of amides is 2. The van der Waals surface area contributed by atoms with Crippen LogP contribution >= 0.6 is 0 Å². The summed E-state index contributed by atoms with van der Waals surface area (Å²) in [5.41, 5.74) is 2.23. The Labute approximate surface area is 180 Å². The molecule has 0 aliphatic carbocycles. The Kier molecular flexibility index (Phi) is 6.91. The summed E-state index contributed by atoms with van der Waals surface area (Å²) >= 11 is 0. The quantitative estimate of drug-likeness (QED) is 0.620. The van der Waals surface area contributed by atoms with Crippen LogP contribution in [0.1, 0.15) is 12.5 Å². The average molecular weight is 450 g/mol. The lowest BCUT2D eigenvalue weighted by atomic mass is 10.0. The molecule has 0 spiro atoms. The third-order valence-corrected chi connectivity index (χ3v) is 5.27. The van der Waals surface area contributed by atoms with E-state index in [4.69, 9.17) is 8.92 Å². The van der Waals surface area contributed by atoms with Crippen molar-refractivity contribution in [1.29, 1.82) is 0 Å². The fourth-order valence-electron chi connectivity index (χ4n) is 3.16. The number of benzene rings is 2. The van der Waals surface area contributed by atoms with Crippen LogP contribution in [-0.4, -0.2) is 52.5 Å². The third kappa shape index (κ3) is 6.25. The van der Waals surface area contributed by atoms with Crippen LogP contribution in [0, 0.1) is 5.82 Å². The van der Waals surface area contributed by atoms with E-state index in [1.54, 1.807) is 36.4 Å². The summed E-state index contributed by atoms with van der Waals surface area (Å²) in [6, 6.07) is 11.5. The van der Waals surface area contributed by atoms with Crippen molar-refractivity contribution in [2.75, 3.05) is 30.9 Å². The molecule has 2 aromatic rings. The molecule has 1 aliphatic rings. The van der Waals surface area contributed by atoms with Gasteiger partial charge in [-0.3, -0.25) is 13.9 Å². The highest BCUT2D eigenvalue weighted by molar-refractivity contribution is 7.85. The topological polar surface area (TPSA) is 102 Å². The van der Waals surface area contributed by atoms with Gasteiger partial charge < -0.3 is 10.1 Å². The summed E-state index contributed by atoms with van der Waals surface area (Å²) in [6.07, 6.45) is 0.306. The number of hydrogen-bond donors (Lipinski definition) is 1. The van der Waals surface area contributed by atoms with Crippen molar-refractivity contribution in [2.24, 2.45) is 0 Å². The van der Waals surface area contributed by atoms with Crippen LogP contribution in [-0.2, 0) is 30.3 Å². The first-order chi connectivity index (χ1) is 14.6. The van der Waals surface area contributed by atoms with Crippen LogP contribution in [0.3, 0.4) is 0 Å². The van der Waals surface area contributed by atoms with Crippen LogP contribution in [0.4, 0.5) is 14.9 Å². The number of ether oxygens (including phenoxy) is 1. The average Bonchev–Trinajstić information content (AvgIpc) is 3.07. The molecule has 0 bridgehead atoms. The fraction of sp³-hybridized carbons (Fsp3) is 0.333. The fourth-order valence-corrected chi connectivity index (χ4v) is 3.55. The Bertz CT molecular complexity index is 1070. The summed E-state index contributed by atoms with van der Waals surface area (Å²) in [4.78, 5) is 24.4. The van der Waals surface area contributed by atoms with Gasteiger partial charge in [-0.2, -0.15) is 8.42 Å². The molecule has 0 radical (unpaired) electrons. The normalized spacial score (nSPS) is 16.3. The predicted molar refractivity (Wildman–Crippen MR) is 113 cm³/mol. The number of halogens is 1. The largest absolute Gasteiger partial charge is 0.442 e. The van der Waals surface area contributed by atoms with Gasteiger partial charge in [0.25, 0.3) is 10.1 Å². The Morgan fingerprint density at radius 3 is 2.58 bits per heavy atom. The SMILES string of the molecule is CC(=O)NC[C@H]1CN(c2ccc(-c3ccc(CCOS(C)(=O)=O)cc3)c(F)c2)C(=O)O1. The maximum Gasteiger partial charge on any atom is 0.414 e. The van der Waals surface area contributed by atoms with E-state index in [1.165, 1.54) is 17.9 Å². The second-order valence-corrected chi connectivity index (χ2v) is 8.83. The van der Waals surface area contributed by atoms with E-state index in [-0.39, 0.29) is 25.6 Å². The molecular weight excluding hydrogens is 427 g/mol. The zero-order chi connectivity index (χ0) is 22.6. The molecule has 1 N–H and O–H groups in total. The van der Waals surface area contributed by atoms with Gasteiger partial charge in [0, 0.05) is 12.5 Å². The summed E-state index contributed by atoms with van der Waals surface area (Å²) in [5, 5.41) is 2.59. The molecule has 3 rings (SSSR count). The Balaban J connectivity index is 1.67. The van der Waals surface area contributed by atoms with E-state index < -0.39 is 28.1 Å². The second-order valence-electron chi connectivity index (χ2n) is 7.19. The standard InChI is InChI=1S/C21H23FN2O6S/c1-14(25)23-12-18-13-24(21(26)30-18)17-7-8-19(20(22)11-17)16-5-3-15(4-6-16)9-10-29-31(2,27)28/h3-8,11,18H,9-10,12-13H2,1-2H3,(H,23,25)/t18-/m0/s1. The number of anilines is 1. The number of nitrogens with one attached hydrogen (secondary N) is 1. The first-order valence-electron chi connectivity index (χ1n) is 9.58. The van der Waals surface area contributed by atoms with Gasteiger partial charge >= 0.3 is 6.09 Å². The first-order valence-corrected chi connectivity index (χ1v) is 11.4. The summed E-state index contributed by atoms with van der Waals surface area (Å²) in [7, 11) is -3.48. The molecule has 1 saturated heterocycles. The molecule has 0 aromatic heterocycles. The smallest absolute Gasteiger partial charge is 0.414 e. The van der Waals surface area contributed by atoms with E-state index in [1.807, 2.05) is 0 Å². The molecule has 0 saturated carbocycles. The van der Waals surface area contributed by atoms with E-state index in [2.05, 4.69) is 5.32 Å². The highest BCUT2D eigenvalue weighted by Gasteiger charge is 2.32. The van der Waals surface area contributed by atoms with Crippen molar-refractivity contribution in [3.05, 3.63) is 53.8 Å². The number of carbonyl (C=O) groups excluding carboxylic acids is 2. The van der Waals surface area contributed by atoms with E-state index in [9.17, 15) is 22.4 Å². The van der Waals surface area contributed by atoms with Gasteiger partial charge in [0.2, 0.25) is 5.91 Å². The first kappa shape index (κ1) is 22.7. The van der Waals surface area contributed by atoms with Crippen molar-refractivity contribution in [3.8, 4) is 11.1 Å². The summed E-state index contributed by atoms with van der Waals surface area (Å²) in [5.74, 6) is -0.720. The Morgan fingerprint density at radius 2 is 1.97 bits per heavy atom. The number of rotatable bonds is 8. The lowest BCUT2D eigenvalue weighted by molar-refractivity contribution is -0.119. The molecule has 2 aromatic carbocycles. The van der Waals surface area contributed by atoms with Crippen molar-refractivity contribution in [3.63, 3.8) is 0 Å². The van der Waals surface area contributed by atoms with Gasteiger partial charge in [0.15, 0.2) is 0 Å². The van der Waals surface area contributed by atoms with Crippen molar-refractivity contribution in [1.82, 2.24) is 5.32 Å². The Hall–Kier alpha value is -2.98. The summed E-state index contributed by atoms with van der Waals surface area (Å²) in [6.45, 7) is 1.82. The number of nitrogens with zero attached hydrogens (tertiary/aromatic N) is 1. The molecule has 10 heteroatoms.